The van der Waals surface area contributed by atoms with Gasteiger partial charge in [0.25, 0.3) is 0 Å². The van der Waals surface area contributed by atoms with E-state index >= 15 is 0 Å². The number of likely N-dealkylation sites (N-methyl/N-ethyl adjacent to an activating group) is 1. The van der Waals surface area contributed by atoms with Crippen LogP contribution < -0.4 is 10.6 Å². The molecule has 0 heterocycles. The van der Waals surface area contributed by atoms with Crippen molar-refractivity contribution in [2.45, 2.75) is 31.1 Å². The fourth-order valence-electron chi connectivity index (χ4n) is 3.40. The summed E-state index contributed by atoms with van der Waals surface area (Å²) >= 11 is 0. The third-order valence-electron chi connectivity index (χ3n) is 5.26. The predicted molar refractivity (Wildman–Crippen MR) is 121 cm³/mol. The molecule has 154 valence electrons. The Balaban J connectivity index is 0.00000364. The Morgan fingerprint density at radius 1 is 1.22 bits per heavy atom. The van der Waals surface area contributed by atoms with Gasteiger partial charge in [0, 0.05) is 52.4 Å². The van der Waals surface area contributed by atoms with Gasteiger partial charge in [0.15, 0.2) is 5.96 Å². The van der Waals surface area contributed by atoms with Crippen LogP contribution in [0.4, 0.5) is 4.39 Å². The van der Waals surface area contributed by atoms with Crippen molar-refractivity contribution in [1.29, 1.82) is 0 Å². The molecule has 0 aromatic heterocycles. The van der Waals surface area contributed by atoms with E-state index < -0.39 is 0 Å². The summed E-state index contributed by atoms with van der Waals surface area (Å²) in [5.74, 6) is 0.645. The summed E-state index contributed by atoms with van der Waals surface area (Å²) in [7, 11) is 5.65. The van der Waals surface area contributed by atoms with Gasteiger partial charge in [-0.05, 0) is 44.0 Å². The van der Waals surface area contributed by atoms with E-state index in [0.29, 0.717) is 0 Å². The van der Waals surface area contributed by atoms with Gasteiger partial charge in [-0.2, -0.15) is 0 Å². The van der Waals surface area contributed by atoms with Crippen LogP contribution in [0.2, 0.25) is 0 Å². The predicted octanol–water partition coefficient (Wildman–Crippen LogP) is 3.00. The zero-order valence-electron chi connectivity index (χ0n) is 16.8. The SMILES string of the molecule is CN=C(NCCN(C)CCCOC)NCC1(c2ccc(F)cc2)CCC1.I. The summed E-state index contributed by atoms with van der Waals surface area (Å²) in [5, 5.41) is 6.84. The lowest BCUT2D eigenvalue weighted by Crippen LogP contribution is -2.49. The van der Waals surface area contributed by atoms with E-state index in [1.54, 1.807) is 26.3 Å². The van der Waals surface area contributed by atoms with Crippen molar-refractivity contribution in [1.82, 2.24) is 15.5 Å². The van der Waals surface area contributed by atoms with E-state index in [-0.39, 0.29) is 35.2 Å². The molecule has 1 saturated carbocycles. The molecule has 0 saturated heterocycles. The lowest BCUT2D eigenvalue weighted by molar-refractivity contribution is 0.180. The topological polar surface area (TPSA) is 48.9 Å². The number of ether oxygens (including phenoxy) is 1. The highest BCUT2D eigenvalue weighted by atomic mass is 127. The minimum atomic E-state index is -0.178. The second-order valence-electron chi connectivity index (χ2n) is 7.14. The Morgan fingerprint density at radius 2 is 1.93 bits per heavy atom. The largest absolute Gasteiger partial charge is 0.385 e. The fraction of sp³-hybridized carbons (Fsp3) is 0.650. The standard InChI is InChI=1S/C20H33FN4O.HI/c1-22-19(23-12-14-25(2)13-5-15-26-3)24-16-20(10-4-11-20)17-6-8-18(21)9-7-17;/h6-9H,4-5,10-16H2,1-3H3,(H2,22,23,24);1H. The first-order chi connectivity index (χ1) is 12.6. The number of nitrogens with one attached hydrogen (secondary N) is 2. The van der Waals surface area contributed by atoms with Gasteiger partial charge in [0.05, 0.1) is 0 Å². The van der Waals surface area contributed by atoms with Crippen molar-refractivity contribution in [3.63, 3.8) is 0 Å². The summed E-state index contributed by atoms with van der Waals surface area (Å²) in [6, 6.07) is 6.95. The molecule has 2 rings (SSSR count). The molecule has 27 heavy (non-hydrogen) atoms. The second-order valence-corrected chi connectivity index (χ2v) is 7.14. The average Bonchev–Trinajstić information content (AvgIpc) is 2.60. The van der Waals surface area contributed by atoms with Crippen molar-refractivity contribution in [2.24, 2.45) is 4.99 Å². The van der Waals surface area contributed by atoms with Gasteiger partial charge in [0.1, 0.15) is 5.82 Å². The van der Waals surface area contributed by atoms with Crippen LogP contribution in [0.15, 0.2) is 29.3 Å². The van der Waals surface area contributed by atoms with Crippen LogP contribution in [0, 0.1) is 5.82 Å². The zero-order chi connectivity index (χ0) is 18.8. The summed E-state index contributed by atoms with van der Waals surface area (Å²) in [6.45, 7) is 4.43. The quantitative estimate of drug-likeness (QED) is 0.228. The third-order valence-corrected chi connectivity index (χ3v) is 5.26. The Hall–Kier alpha value is -0.930. The lowest BCUT2D eigenvalue weighted by atomic mass is 9.64. The van der Waals surface area contributed by atoms with Gasteiger partial charge in [-0.25, -0.2) is 4.39 Å². The lowest BCUT2D eigenvalue weighted by Gasteiger charge is -2.43. The molecule has 1 aliphatic carbocycles. The fourth-order valence-corrected chi connectivity index (χ4v) is 3.40. The molecule has 7 heteroatoms. The van der Waals surface area contributed by atoms with Crippen LogP contribution in [-0.4, -0.2) is 64.9 Å². The van der Waals surface area contributed by atoms with E-state index in [4.69, 9.17) is 4.74 Å². The van der Waals surface area contributed by atoms with Gasteiger partial charge >= 0.3 is 0 Å². The molecule has 0 bridgehead atoms. The molecule has 0 radical (unpaired) electrons. The Kier molecular flexibility index (Phi) is 11.2. The molecular formula is C20H34FIN4O. The highest BCUT2D eigenvalue weighted by Gasteiger charge is 2.38. The van der Waals surface area contributed by atoms with Crippen molar-refractivity contribution in [3.8, 4) is 0 Å². The number of hydrogen-bond acceptors (Lipinski definition) is 3. The van der Waals surface area contributed by atoms with Gasteiger partial charge in [-0.15, -0.1) is 24.0 Å². The molecule has 1 aromatic carbocycles. The molecular weight excluding hydrogens is 458 g/mol. The Labute approximate surface area is 180 Å². The molecule has 0 unspecified atom stereocenters. The van der Waals surface area contributed by atoms with Gasteiger partial charge in [-0.1, -0.05) is 18.6 Å². The summed E-state index contributed by atoms with van der Waals surface area (Å²) in [5.41, 5.74) is 1.31. The summed E-state index contributed by atoms with van der Waals surface area (Å²) < 4.78 is 18.3. The summed E-state index contributed by atoms with van der Waals surface area (Å²) in [6.07, 6.45) is 4.52. The number of aliphatic imine (C=N–C) groups is 1. The third kappa shape index (κ3) is 7.54. The number of guanidine groups is 1. The van der Waals surface area contributed by atoms with E-state index in [0.717, 1.165) is 58.0 Å². The smallest absolute Gasteiger partial charge is 0.191 e. The maximum Gasteiger partial charge on any atom is 0.191 e. The molecule has 1 fully saturated rings. The molecule has 1 aliphatic rings. The van der Waals surface area contributed by atoms with Gasteiger partial charge < -0.3 is 20.3 Å². The summed E-state index contributed by atoms with van der Waals surface area (Å²) in [4.78, 5) is 6.61. The van der Waals surface area contributed by atoms with E-state index in [2.05, 4.69) is 27.6 Å². The normalized spacial score (nSPS) is 15.8. The van der Waals surface area contributed by atoms with E-state index in [9.17, 15) is 4.39 Å². The molecule has 1 aromatic rings. The molecule has 0 spiro atoms. The molecule has 5 nitrogen and oxygen atoms in total. The first-order valence-corrected chi connectivity index (χ1v) is 9.48. The minimum Gasteiger partial charge on any atom is -0.385 e. The number of nitrogens with zero attached hydrogens (tertiary/aromatic N) is 2. The highest BCUT2D eigenvalue weighted by molar-refractivity contribution is 14.0. The number of hydrogen-bond donors (Lipinski definition) is 2. The second kappa shape index (κ2) is 12.5. The maximum absolute atomic E-state index is 13.2. The average molecular weight is 492 g/mol. The minimum absolute atomic E-state index is 0. The van der Waals surface area contributed by atoms with Gasteiger partial charge in [0.2, 0.25) is 0 Å². The Morgan fingerprint density at radius 3 is 2.48 bits per heavy atom. The number of methoxy groups -OCH3 is 1. The van der Waals surface area contributed by atoms with E-state index in [1.807, 2.05) is 12.1 Å². The van der Waals surface area contributed by atoms with Crippen molar-refractivity contribution in [2.75, 3.05) is 54.0 Å². The molecule has 0 atom stereocenters. The van der Waals surface area contributed by atoms with Crippen molar-refractivity contribution >= 4 is 29.9 Å². The first kappa shape index (κ1) is 24.1. The Bertz CT molecular complexity index is 564. The van der Waals surface area contributed by atoms with Crippen molar-refractivity contribution in [3.05, 3.63) is 35.6 Å². The van der Waals surface area contributed by atoms with Crippen LogP contribution >= 0.6 is 24.0 Å². The number of benzene rings is 1. The van der Waals surface area contributed by atoms with Gasteiger partial charge in [-0.3, -0.25) is 4.99 Å². The first-order valence-electron chi connectivity index (χ1n) is 9.48. The van der Waals surface area contributed by atoms with E-state index in [1.165, 1.54) is 12.0 Å². The number of rotatable bonds is 10. The van der Waals surface area contributed by atoms with Crippen LogP contribution in [-0.2, 0) is 10.2 Å². The van der Waals surface area contributed by atoms with Crippen molar-refractivity contribution < 1.29 is 9.13 Å². The van der Waals surface area contributed by atoms with Crippen LogP contribution in [0.3, 0.4) is 0 Å². The number of halogens is 2. The zero-order valence-corrected chi connectivity index (χ0v) is 19.1. The molecule has 2 N–H and O–H groups in total. The van der Waals surface area contributed by atoms with Crippen LogP contribution in [0.25, 0.3) is 0 Å². The monoisotopic (exact) mass is 492 g/mol. The maximum atomic E-state index is 13.2. The molecule has 0 amide bonds. The molecule has 0 aliphatic heterocycles. The van der Waals surface area contributed by atoms with Crippen LogP contribution in [0.1, 0.15) is 31.2 Å². The van der Waals surface area contributed by atoms with Crippen LogP contribution in [0.5, 0.6) is 0 Å². The highest BCUT2D eigenvalue weighted by Crippen LogP contribution is 2.43.